The number of benzene rings is 4. The molecule has 0 saturated carbocycles. The highest BCUT2D eigenvalue weighted by atomic mass is 32.2. The predicted molar refractivity (Wildman–Crippen MR) is 173 cm³/mol. The number of anilines is 1. The SMILES string of the molecule is CC(C)NC(=O)[C@H](Cc1ccccc1)N(Cc1ccccc1)C(=O)CN(c1ccc2c(c1)OCCO2)S(=O)(=O)c1ccccc1. The topological polar surface area (TPSA) is 105 Å². The fraction of sp³-hybridized carbons (Fsp3) is 0.257. The van der Waals surface area contributed by atoms with Gasteiger partial charge in [0.25, 0.3) is 10.0 Å². The minimum absolute atomic E-state index is 0.0284. The lowest BCUT2D eigenvalue weighted by atomic mass is 10.0. The number of hydrogen-bond acceptors (Lipinski definition) is 6. The van der Waals surface area contributed by atoms with E-state index in [2.05, 4.69) is 5.32 Å². The van der Waals surface area contributed by atoms with Crippen LogP contribution in [0.4, 0.5) is 5.69 Å². The van der Waals surface area contributed by atoms with Crippen LogP contribution in [0.15, 0.2) is 114 Å². The van der Waals surface area contributed by atoms with Gasteiger partial charge >= 0.3 is 0 Å². The molecule has 10 heteroatoms. The van der Waals surface area contributed by atoms with Crippen molar-refractivity contribution in [2.24, 2.45) is 0 Å². The molecule has 45 heavy (non-hydrogen) atoms. The van der Waals surface area contributed by atoms with Crippen LogP contribution in [0.3, 0.4) is 0 Å². The molecule has 234 valence electrons. The zero-order valence-corrected chi connectivity index (χ0v) is 26.2. The van der Waals surface area contributed by atoms with Crippen molar-refractivity contribution in [1.29, 1.82) is 0 Å². The molecular weight excluding hydrogens is 590 g/mol. The molecule has 1 N–H and O–H groups in total. The number of amides is 2. The summed E-state index contributed by atoms with van der Waals surface area (Å²) in [6, 6.07) is 30.5. The number of nitrogens with zero attached hydrogens (tertiary/aromatic N) is 2. The van der Waals surface area contributed by atoms with E-state index in [1.165, 1.54) is 17.0 Å². The molecule has 0 radical (unpaired) electrons. The molecule has 0 bridgehead atoms. The van der Waals surface area contributed by atoms with Gasteiger partial charge in [-0.05, 0) is 49.2 Å². The molecule has 0 fully saturated rings. The van der Waals surface area contributed by atoms with Crippen LogP contribution in [0.2, 0.25) is 0 Å². The van der Waals surface area contributed by atoms with Crippen molar-refractivity contribution >= 4 is 27.5 Å². The summed E-state index contributed by atoms with van der Waals surface area (Å²) in [6.07, 6.45) is 0.243. The number of sulfonamides is 1. The van der Waals surface area contributed by atoms with Crippen LogP contribution >= 0.6 is 0 Å². The molecule has 0 saturated heterocycles. The fourth-order valence-electron chi connectivity index (χ4n) is 5.15. The summed E-state index contributed by atoms with van der Waals surface area (Å²) in [6.45, 7) is 3.96. The van der Waals surface area contributed by atoms with E-state index in [4.69, 9.17) is 9.47 Å². The maximum Gasteiger partial charge on any atom is 0.264 e. The van der Waals surface area contributed by atoms with Gasteiger partial charge in [0, 0.05) is 25.1 Å². The molecule has 5 rings (SSSR count). The monoisotopic (exact) mass is 627 g/mol. The Bertz CT molecular complexity index is 1700. The van der Waals surface area contributed by atoms with Crippen molar-refractivity contribution < 1.29 is 27.5 Å². The van der Waals surface area contributed by atoms with Crippen LogP contribution in [0, 0.1) is 0 Å². The third-order valence-corrected chi connectivity index (χ3v) is 9.11. The number of fused-ring (bicyclic) bond motifs is 1. The van der Waals surface area contributed by atoms with Crippen LogP contribution in [0.1, 0.15) is 25.0 Å². The number of hydrogen-bond donors (Lipinski definition) is 1. The van der Waals surface area contributed by atoms with Crippen LogP contribution in [0.25, 0.3) is 0 Å². The summed E-state index contributed by atoms with van der Waals surface area (Å²) in [5.74, 6) is 0.0225. The Balaban J connectivity index is 1.57. The summed E-state index contributed by atoms with van der Waals surface area (Å²) in [4.78, 5) is 29.8. The van der Waals surface area contributed by atoms with Crippen molar-refractivity contribution in [3.8, 4) is 11.5 Å². The van der Waals surface area contributed by atoms with E-state index < -0.39 is 28.5 Å². The first-order valence-corrected chi connectivity index (χ1v) is 16.3. The van der Waals surface area contributed by atoms with Crippen molar-refractivity contribution in [3.05, 3.63) is 120 Å². The third-order valence-electron chi connectivity index (χ3n) is 7.32. The smallest absolute Gasteiger partial charge is 0.264 e. The van der Waals surface area contributed by atoms with Gasteiger partial charge in [-0.25, -0.2) is 8.42 Å². The second-order valence-electron chi connectivity index (χ2n) is 11.0. The lowest BCUT2D eigenvalue weighted by Crippen LogP contribution is -2.54. The average molecular weight is 628 g/mol. The molecule has 1 aliphatic heterocycles. The Morgan fingerprint density at radius 3 is 1.98 bits per heavy atom. The highest BCUT2D eigenvalue weighted by Crippen LogP contribution is 2.36. The highest BCUT2D eigenvalue weighted by Gasteiger charge is 2.35. The Labute approximate surface area is 264 Å². The molecule has 1 aliphatic rings. The van der Waals surface area contributed by atoms with Gasteiger partial charge in [-0.1, -0.05) is 78.9 Å². The van der Waals surface area contributed by atoms with Crippen molar-refractivity contribution in [1.82, 2.24) is 10.2 Å². The van der Waals surface area contributed by atoms with Gasteiger partial charge < -0.3 is 19.7 Å². The number of carbonyl (C=O) groups is 2. The zero-order chi connectivity index (χ0) is 31.8. The zero-order valence-electron chi connectivity index (χ0n) is 25.3. The van der Waals surface area contributed by atoms with Gasteiger partial charge in [0.2, 0.25) is 11.8 Å². The number of rotatable bonds is 12. The van der Waals surface area contributed by atoms with Gasteiger partial charge in [0.1, 0.15) is 25.8 Å². The minimum atomic E-state index is -4.22. The average Bonchev–Trinajstić information content (AvgIpc) is 3.06. The van der Waals surface area contributed by atoms with Gasteiger partial charge in [-0.3, -0.25) is 13.9 Å². The lowest BCUT2D eigenvalue weighted by Gasteiger charge is -2.34. The first-order chi connectivity index (χ1) is 21.7. The van der Waals surface area contributed by atoms with E-state index >= 15 is 0 Å². The van der Waals surface area contributed by atoms with E-state index in [0.29, 0.717) is 24.7 Å². The quantitative estimate of drug-likeness (QED) is 0.242. The predicted octanol–water partition coefficient (Wildman–Crippen LogP) is 4.82. The third kappa shape index (κ3) is 7.82. The Kier molecular flexibility index (Phi) is 10.0. The van der Waals surface area contributed by atoms with Crippen molar-refractivity contribution in [2.45, 2.75) is 43.8 Å². The van der Waals surface area contributed by atoms with Crippen molar-refractivity contribution in [2.75, 3.05) is 24.1 Å². The Morgan fingerprint density at radius 1 is 0.778 bits per heavy atom. The molecular formula is C35H37N3O6S. The van der Waals surface area contributed by atoms with Crippen LogP contribution in [-0.2, 0) is 32.6 Å². The second-order valence-corrected chi connectivity index (χ2v) is 12.9. The van der Waals surface area contributed by atoms with Gasteiger partial charge in [0.05, 0.1) is 10.6 Å². The molecule has 0 aliphatic carbocycles. The van der Waals surface area contributed by atoms with E-state index in [1.54, 1.807) is 36.4 Å². The molecule has 4 aromatic carbocycles. The minimum Gasteiger partial charge on any atom is -0.486 e. The van der Waals surface area contributed by atoms with Crippen molar-refractivity contribution in [3.63, 3.8) is 0 Å². The molecule has 0 unspecified atom stereocenters. The highest BCUT2D eigenvalue weighted by molar-refractivity contribution is 7.92. The van der Waals surface area contributed by atoms with Gasteiger partial charge in [0.15, 0.2) is 11.5 Å². The largest absolute Gasteiger partial charge is 0.486 e. The lowest BCUT2D eigenvalue weighted by molar-refractivity contribution is -0.140. The molecule has 4 aromatic rings. The summed E-state index contributed by atoms with van der Waals surface area (Å²) < 4.78 is 40.8. The number of ether oxygens (including phenoxy) is 2. The summed E-state index contributed by atoms with van der Waals surface area (Å²) in [5.41, 5.74) is 1.91. The van der Waals surface area contributed by atoms with Gasteiger partial charge in [-0.15, -0.1) is 0 Å². The maximum absolute atomic E-state index is 14.5. The van der Waals surface area contributed by atoms with Crippen LogP contribution in [-0.4, -0.2) is 57.0 Å². The summed E-state index contributed by atoms with van der Waals surface area (Å²) in [5, 5.41) is 2.96. The fourth-order valence-corrected chi connectivity index (χ4v) is 6.58. The van der Waals surface area contributed by atoms with E-state index in [1.807, 2.05) is 74.5 Å². The molecule has 1 heterocycles. The summed E-state index contributed by atoms with van der Waals surface area (Å²) >= 11 is 0. The molecule has 0 spiro atoms. The first-order valence-electron chi connectivity index (χ1n) is 14.9. The normalized spacial score (nSPS) is 13.1. The number of carbonyl (C=O) groups excluding carboxylic acids is 2. The second kappa shape index (κ2) is 14.3. The Hall–Kier alpha value is -4.83. The van der Waals surface area contributed by atoms with Gasteiger partial charge in [-0.2, -0.15) is 0 Å². The van der Waals surface area contributed by atoms with E-state index in [9.17, 15) is 18.0 Å². The van der Waals surface area contributed by atoms with E-state index in [0.717, 1.165) is 15.4 Å². The van der Waals surface area contributed by atoms with Crippen LogP contribution in [0.5, 0.6) is 11.5 Å². The van der Waals surface area contributed by atoms with Crippen LogP contribution < -0.4 is 19.1 Å². The molecule has 0 aromatic heterocycles. The maximum atomic E-state index is 14.5. The summed E-state index contributed by atoms with van der Waals surface area (Å²) in [7, 11) is -4.22. The molecule has 1 atom stereocenters. The Morgan fingerprint density at radius 2 is 1.36 bits per heavy atom. The molecule has 2 amide bonds. The molecule has 9 nitrogen and oxygen atoms in total. The van der Waals surface area contributed by atoms with E-state index in [-0.39, 0.29) is 35.5 Å². The first kappa shape index (κ1) is 31.6. The number of nitrogens with one attached hydrogen (secondary N) is 1. The standard InChI is InChI=1S/C35H37N3O6S/c1-26(2)36-35(40)31(22-27-12-6-3-7-13-27)37(24-28-14-8-4-9-15-28)34(39)25-38(45(41,42)30-16-10-5-11-17-30)29-18-19-32-33(23-29)44-21-20-43-32/h3-19,23,26,31H,20-22,24-25H2,1-2H3,(H,36,40)/t31-/m0/s1.